The standard InChI is InChI=1S/C16H23N3O2/c17-10-6-9-15(20)18-14-8-3-2-7-13(14)16(21)19-11-4-1-5-12-19/h2-3,7-8H,1,4-6,9-12,17H2,(H,18,20). The number of nitrogens with zero attached hydrogens (tertiary/aromatic N) is 1. The van der Waals surface area contributed by atoms with Gasteiger partial charge in [-0.3, -0.25) is 9.59 Å². The van der Waals surface area contributed by atoms with Crippen molar-refractivity contribution in [3.8, 4) is 0 Å². The van der Waals surface area contributed by atoms with Crippen molar-refractivity contribution in [3.05, 3.63) is 29.8 Å². The second kappa shape index (κ2) is 7.78. The van der Waals surface area contributed by atoms with Crippen LogP contribution in [0.5, 0.6) is 0 Å². The predicted octanol–water partition coefficient (Wildman–Crippen LogP) is 1.99. The van der Waals surface area contributed by atoms with Gasteiger partial charge in [0.25, 0.3) is 5.91 Å². The van der Waals surface area contributed by atoms with Crippen molar-refractivity contribution < 1.29 is 9.59 Å². The molecule has 1 fully saturated rings. The van der Waals surface area contributed by atoms with Crippen LogP contribution in [-0.2, 0) is 4.79 Å². The van der Waals surface area contributed by atoms with Gasteiger partial charge in [-0.1, -0.05) is 12.1 Å². The molecule has 5 heteroatoms. The highest BCUT2D eigenvalue weighted by Gasteiger charge is 2.20. The Balaban J connectivity index is 2.08. The molecule has 0 bridgehead atoms. The van der Waals surface area contributed by atoms with Gasteiger partial charge in [0.1, 0.15) is 0 Å². The Kier molecular flexibility index (Phi) is 5.75. The summed E-state index contributed by atoms with van der Waals surface area (Å²) in [5.41, 5.74) is 6.57. The minimum Gasteiger partial charge on any atom is -0.339 e. The summed E-state index contributed by atoms with van der Waals surface area (Å²) in [6, 6.07) is 7.20. The van der Waals surface area contributed by atoms with Crippen LogP contribution in [0.15, 0.2) is 24.3 Å². The van der Waals surface area contributed by atoms with Crippen LogP contribution < -0.4 is 11.1 Å². The maximum absolute atomic E-state index is 12.6. The lowest BCUT2D eigenvalue weighted by atomic mass is 10.1. The number of hydrogen-bond acceptors (Lipinski definition) is 3. The van der Waals surface area contributed by atoms with E-state index >= 15 is 0 Å². The molecule has 114 valence electrons. The zero-order valence-electron chi connectivity index (χ0n) is 12.3. The molecule has 0 aromatic heterocycles. The van der Waals surface area contributed by atoms with Gasteiger partial charge in [-0.05, 0) is 44.4 Å². The van der Waals surface area contributed by atoms with E-state index in [1.807, 2.05) is 17.0 Å². The van der Waals surface area contributed by atoms with Crippen LogP contribution in [0.1, 0.15) is 42.5 Å². The first-order valence-corrected chi connectivity index (χ1v) is 7.60. The summed E-state index contributed by atoms with van der Waals surface area (Å²) < 4.78 is 0. The number of likely N-dealkylation sites (tertiary alicyclic amines) is 1. The number of carbonyl (C=O) groups excluding carboxylic acids is 2. The molecule has 0 aliphatic carbocycles. The molecule has 1 saturated heterocycles. The number of rotatable bonds is 5. The lowest BCUT2D eigenvalue weighted by molar-refractivity contribution is -0.116. The average Bonchev–Trinajstić information content (AvgIpc) is 2.53. The van der Waals surface area contributed by atoms with Gasteiger partial charge in [0.15, 0.2) is 0 Å². The largest absolute Gasteiger partial charge is 0.339 e. The fraction of sp³-hybridized carbons (Fsp3) is 0.500. The Morgan fingerprint density at radius 2 is 1.86 bits per heavy atom. The molecule has 5 nitrogen and oxygen atoms in total. The fourth-order valence-corrected chi connectivity index (χ4v) is 2.52. The summed E-state index contributed by atoms with van der Waals surface area (Å²) in [6.07, 6.45) is 4.31. The lowest BCUT2D eigenvalue weighted by Gasteiger charge is -2.27. The van der Waals surface area contributed by atoms with Gasteiger partial charge in [-0.2, -0.15) is 0 Å². The average molecular weight is 289 g/mol. The molecule has 1 aliphatic heterocycles. The van der Waals surface area contributed by atoms with Crippen LogP contribution in [-0.4, -0.2) is 36.3 Å². The number of amides is 2. The minimum absolute atomic E-state index is 0.00410. The third-order valence-electron chi connectivity index (χ3n) is 3.68. The fourth-order valence-electron chi connectivity index (χ4n) is 2.52. The molecule has 0 atom stereocenters. The van der Waals surface area contributed by atoms with Crippen LogP contribution in [0.3, 0.4) is 0 Å². The molecule has 0 spiro atoms. The molecule has 1 aromatic carbocycles. The number of piperidine rings is 1. The quantitative estimate of drug-likeness (QED) is 0.870. The number of anilines is 1. The molecule has 0 saturated carbocycles. The zero-order chi connectivity index (χ0) is 15.1. The summed E-state index contributed by atoms with van der Waals surface area (Å²) in [6.45, 7) is 2.09. The molecule has 0 unspecified atom stereocenters. The summed E-state index contributed by atoms with van der Waals surface area (Å²) in [5, 5.41) is 2.82. The van der Waals surface area contributed by atoms with Crippen molar-refractivity contribution >= 4 is 17.5 Å². The van der Waals surface area contributed by atoms with Crippen molar-refractivity contribution in [3.63, 3.8) is 0 Å². The van der Waals surface area contributed by atoms with E-state index in [4.69, 9.17) is 5.73 Å². The minimum atomic E-state index is -0.0978. The smallest absolute Gasteiger partial charge is 0.255 e. The Morgan fingerprint density at radius 3 is 2.57 bits per heavy atom. The number of hydrogen-bond donors (Lipinski definition) is 2. The predicted molar refractivity (Wildman–Crippen MR) is 83.1 cm³/mol. The van der Waals surface area contributed by atoms with Crippen LogP contribution in [0.25, 0.3) is 0 Å². The molecular weight excluding hydrogens is 266 g/mol. The third kappa shape index (κ3) is 4.29. The van der Waals surface area contributed by atoms with Gasteiger partial charge >= 0.3 is 0 Å². The van der Waals surface area contributed by atoms with Gasteiger partial charge in [0.05, 0.1) is 11.3 Å². The molecule has 2 amide bonds. The van der Waals surface area contributed by atoms with Crippen molar-refractivity contribution in [2.24, 2.45) is 5.73 Å². The van der Waals surface area contributed by atoms with Gasteiger partial charge < -0.3 is 16.0 Å². The Hall–Kier alpha value is -1.88. The highest BCUT2D eigenvalue weighted by atomic mass is 16.2. The molecule has 21 heavy (non-hydrogen) atoms. The maximum atomic E-state index is 12.6. The van der Waals surface area contributed by atoms with E-state index < -0.39 is 0 Å². The summed E-state index contributed by atoms with van der Waals surface area (Å²) in [4.78, 5) is 26.3. The first kappa shape index (κ1) is 15.5. The molecule has 2 rings (SSSR count). The van der Waals surface area contributed by atoms with Crippen LogP contribution in [0, 0.1) is 0 Å². The van der Waals surface area contributed by atoms with E-state index in [9.17, 15) is 9.59 Å². The van der Waals surface area contributed by atoms with Gasteiger partial charge in [0.2, 0.25) is 5.91 Å². The van der Waals surface area contributed by atoms with Crippen molar-refractivity contribution in [2.75, 3.05) is 25.0 Å². The van der Waals surface area contributed by atoms with Crippen molar-refractivity contribution in [2.45, 2.75) is 32.1 Å². The van der Waals surface area contributed by atoms with Crippen LogP contribution in [0.4, 0.5) is 5.69 Å². The molecule has 1 aromatic rings. The number of para-hydroxylation sites is 1. The van der Waals surface area contributed by atoms with E-state index in [-0.39, 0.29) is 11.8 Å². The molecule has 1 aliphatic rings. The summed E-state index contributed by atoms with van der Waals surface area (Å²) in [5.74, 6) is -0.0937. The van der Waals surface area contributed by atoms with E-state index in [2.05, 4.69) is 5.32 Å². The number of benzene rings is 1. The summed E-state index contributed by atoms with van der Waals surface area (Å²) in [7, 11) is 0. The molecule has 3 N–H and O–H groups in total. The number of nitrogens with one attached hydrogen (secondary N) is 1. The summed E-state index contributed by atoms with van der Waals surface area (Å²) >= 11 is 0. The van der Waals surface area contributed by atoms with E-state index in [0.29, 0.717) is 30.6 Å². The molecular formula is C16H23N3O2. The van der Waals surface area contributed by atoms with Crippen molar-refractivity contribution in [1.82, 2.24) is 4.90 Å². The van der Waals surface area contributed by atoms with E-state index in [1.165, 1.54) is 6.42 Å². The third-order valence-corrected chi connectivity index (χ3v) is 3.68. The maximum Gasteiger partial charge on any atom is 0.255 e. The second-order valence-corrected chi connectivity index (χ2v) is 5.34. The first-order chi connectivity index (χ1) is 10.2. The SMILES string of the molecule is NCCCC(=O)Nc1ccccc1C(=O)N1CCCCC1. The Labute approximate surface area is 125 Å². The monoisotopic (exact) mass is 289 g/mol. The first-order valence-electron chi connectivity index (χ1n) is 7.60. The zero-order valence-corrected chi connectivity index (χ0v) is 12.3. The van der Waals surface area contributed by atoms with Crippen molar-refractivity contribution in [1.29, 1.82) is 0 Å². The lowest BCUT2D eigenvalue weighted by Crippen LogP contribution is -2.36. The molecule has 1 heterocycles. The van der Waals surface area contributed by atoms with Gasteiger partial charge in [0, 0.05) is 19.5 Å². The van der Waals surface area contributed by atoms with E-state index in [0.717, 1.165) is 25.9 Å². The normalized spacial score (nSPS) is 14.8. The number of nitrogens with two attached hydrogens (primary N) is 1. The Morgan fingerprint density at radius 1 is 1.14 bits per heavy atom. The van der Waals surface area contributed by atoms with Gasteiger partial charge in [-0.25, -0.2) is 0 Å². The van der Waals surface area contributed by atoms with E-state index in [1.54, 1.807) is 12.1 Å². The Bertz CT molecular complexity index is 496. The highest BCUT2D eigenvalue weighted by molar-refractivity contribution is 6.03. The number of carbonyl (C=O) groups is 2. The molecule has 0 radical (unpaired) electrons. The second-order valence-electron chi connectivity index (χ2n) is 5.34. The highest BCUT2D eigenvalue weighted by Crippen LogP contribution is 2.20. The van der Waals surface area contributed by atoms with Crippen LogP contribution in [0.2, 0.25) is 0 Å². The topological polar surface area (TPSA) is 75.4 Å². The van der Waals surface area contributed by atoms with Gasteiger partial charge in [-0.15, -0.1) is 0 Å². The van der Waals surface area contributed by atoms with Crippen LogP contribution >= 0.6 is 0 Å².